The van der Waals surface area contributed by atoms with Gasteiger partial charge in [0.1, 0.15) is 0 Å². The first-order chi connectivity index (χ1) is 12.2. The minimum absolute atomic E-state index is 0.0422. The molecule has 4 rings (SSSR count). The van der Waals surface area contributed by atoms with Crippen molar-refractivity contribution < 1.29 is 4.79 Å². The van der Waals surface area contributed by atoms with E-state index in [2.05, 4.69) is 46.9 Å². The molecule has 0 aliphatic heterocycles. The Hall–Kier alpha value is -2.37. The van der Waals surface area contributed by atoms with Crippen molar-refractivity contribution in [1.82, 2.24) is 4.98 Å². The van der Waals surface area contributed by atoms with E-state index >= 15 is 0 Å². The molecule has 0 aliphatic rings. The van der Waals surface area contributed by atoms with Crippen LogP contribution in [0.15, 0.2) is 65.6 Å². The van der Waals surface area contributed by atoms with E-state index in [0.717, 1.165) is 21.2 Å². The number of rotatable bonds is 4. The molecule has 0 unspecified atom stereocenters. The van der Waals surface area contributed by atoms with Crippen molar-refractivity contribution in [2.75, 3.05) is 11.6 Å². The number of aromatic nitrogens is 1. The van der Waals surface area contributed by atoms with Crippen LogP contribution in [0.5, 0.6) is 0 Å². The predicted octanol–water partition coefficient (Wildman–Crippen LogP) is 5.35. The van der Waals surface area contributed by atoms with Gasteiger partial charge in [-0.3, -0.25) is 4.79 Å². The minimum Gasteiger partial charge on any atom is -0.302 e. The van der Waals surface area contributed by atoms with Gasteiger partial charge in [0, 0.05) is 4.90 Å². The van der Waals surface area contributed by atoms with Gasteiger partial charge in [0.25, 0.3) is 0 Å². The molecule has 124 valence electrons. The molecular formula is C20H16N2OS2. The highest BCUT2D eigenvalue weighted by atomic mass is 32.2. The fourth-order valence-corrected chi connectivity index (χ4v) is 4.22. The van der Waals surface area contributed by atoms with Gasteiger partial charge in [0.05, 0.1) is 16.6 Å². The summed E-state index contributed by atoms with van der Waals surface area (Å²) >= 11 is 3.21. The fraction of sp³-hybridized carbons (Fsp3) is 0.100. The number of anilines is 1. The first-order valence-electron chi connectivity index (χ1n) is 7.93. The first kappa shape index (κ1) is 16.1. The number of carbonyl (C=O) groups excluding carboxylic acids is 1. The molecule has 0 saturated carbocycles. The zero-order valence-electron chi connectivity index (χ0n) is 13.7. The fourth-order valence-electron chi connectivity index (χ4n) is 2.78. The van der Waals surface area contributed by atoms with Crippen molar-refractivity contribution in [3.05, 3.63) is 66.2 Å². The molecule has 1 aromatic heterocycles. The Kier molecular flexibility index (Phi) is 4.42. The SMILES string of the molecule is CSc1ccc2nc(NC(=O)Cc3ccc4ccccc4c3)sc2c1. The van der Waals surface area contributed by atoms with Gasteiger partial charge in [-0.1, -0.05) is 53.8 Å². The van der Waals surface area contributed by atoms with Crippen molar-refractivity contribution in [3.8, 4) is 0 Å². The number of carbonyl (C=O) groups is 1. The number of hydrogen-bond acceptors (Lipinski definition) is 4. The number of amides is 1. The molecule has 4 aromatic rings. The van der Waals surface area contributed by atoms with Crippen LogP contribution in [0.2, 0.25) is 0 Å². The third-order valence-corrected chi connectivity index (χ3v) is 5.68. The van der Waals surface area contributed by atoms with Crippen LogP contribution < -0.4 is 5.32 Å². The average Bonchev–Trinajstić information content (AvgIpc) is 3.02. The largest absolute Gasteiger partial charge is 0.302 e. The second-order valence-electron chi connectivity index (χ2n) is 5.76. The predicted molar refractivity (Wildman–Crippen MR) is 108 cm³/mol. The van der Waals surface area contributed by atoms with E-state index in [9.17, 15) is 4.79 Å². The molecule has 0 fully saturated rings. The summed E-state index contributed by atoms with van der Waals surface area (Å²) in [5.74, 6) is -0.0422. The smallest absolute Gasteiger partial charge is 0.230 e. The molecule has 5 heteroatoms. The summed E-state index contributed by atoms with van der Waals surface area (Å²) < 4.78 is 1.09. The van der Waals surface area contributed by atoms with Crippen LogP contribution >= 0.6 is 23.1 Å². The average molecular weight is 364 g/mol. The van der Waals surface area contributed by atoms with Crippen LogP contribution in [0.3, 0.4) is 0 Å². The first-order valence-corrected chi connectivity index (χ1v) is 9.97. The molecule has 0 bridgehead atoms. The summed E-state index contributed by atoms with van der Waals surface area (Å²) in [5, 5.41) is 5.91. The number of thiazole rings is 1. The number of fused-ring (bicyclic) bond motifs is 2. The third-order valence-electron chi connectivity index (χ3n) is 4.02. The number of hydrogen-bond donors (Lipinski definition) is 1. The lowest BCUT2D eigenvalue weighted by molar-refractivity contribution is -0.115. The molecule has 0 spiro atoms. The van der Waals surface area contributed by atoms with Gasteiger partial charge < -0.3 is 5.32 Å². The van der Waals surface area contributed by atoms with Crippen molar-refractivity contribution in [2.45, 2.75) is 11.3 Å². The summed E-state index contributed by atoms with van der Waals surface area (Å²) in [5.41, 5.74) is 1.92. The number of thioether (sulfide) groups is 1. The highest BCUT2D eigenvalue weighted by Gasteiger charge is 2.09. The maximum Gasteiger partial charge on any atom is 0.230 e. The molecule has 1 amide bonds. The number of nitrogens with one attached hydrogen (secondary N) is 1. The van der Waals surface area contributed by atoms with Crippen molar-refractivity contribution in [2.24, 2.45) is 0 Å². The van der Waals surface area contributed by atoms with E-state index in [0.29, 0.717) is 11.6 Å². The lowest BCUT2D eigenvalue weighted by atomic mass is 10.1. The van der Waals surface area contributed by atoms with Crippen LogP contribution in [0.25, 0.3) is 21.0 Å². The van der Waals surface area contributed by atoms with E-state index < -0.39 is 0 Å². The molecule has 0 aliphatic carbocycles. The minimum atomic E-state index is -0.0422. The topological polar surface area (TPSA) is 42.0 Å². The summed E-state index contributed by atoms with van der Waals surface area (Å²) in [4.78, 5) is 18.1. The zero-order valence-corrected chi connectivity index (χ0v) is 15.3. The van der Waals surface area contributed by atoms with Crippen LogP contribution in [0, 0.1) is 0 Å². The van der Waals surface area contributed by atoms with Gasteiger partial charge in [-0.05, 0) is 40.8 Å². The second kappa shape index (κ2) is 6.86. The highest BCUT2D eigenvalue weighted by Crippen LogP contribution is 2.29. The van der Waals surface area contributed by atoms with Gasteiger partial charge >= 0.3 is 0 Å². The molecule has 3 nitrogen and oxygen atoms in total. The quantitative estimate of drug-likeness (QED) is 0.496. The Morgan fingerprint density at radius 1 is 1.08 bits per heavy atom. The van der Waals surface area contributed by atoms with Gasteiger partial charge in [0.15, 0.2) is 5.13 Å². The number of nitrogens with zero attached hydrogens (tertiary/aromatic N) is 1. The molecule has 0 radical (unpaired) electrons. The summed E-state index contributed by atoms with van der Waals surface area (Å²) in [7, 11) is 0. The Morgan fingerprint density at radius 2 is 1.92 bits per heavy atom. The molecular weight excluding hydrogens is 348 g/mol. The third kappa shape index (κ3) is 3.52. The molecule has 3 aromatic carbocycles. The van der Waals surface area contributed by atoms with Crippen molar-refractivity contribution in [3.63, 3.8) is 0 Å². The Morgan fingerprint density at radius 3 is 2.76 bits per heavy atom. The van der Waals surface area contributed by atoms with Gasteiger partial charge in [-0.15, -0.1) is 11.8 Å². The van der Waals surface area contributed by atoms with E-state index in [1.165, 1.54) is 21.6 Å². The standard InChI is InChI=1S/C20H16N2OS2/c1-24-16-8-9-17-18(12-16)25-20(21-17)22-19(23)11-13-6-7-14-4-2-3-5-15(14)10-13/h2-10,12H,11H2,1H3,(H,21,22,23). The molecule has 0 atom stereocenters. The number of benzene rings is 3. The normalized spacial score (nSPS) is 11.1. The Labute approximate surface area is 154 Å². The molecule has 25 heavy (non-hydrogen) atoms. The maximum absolute atomic E-state index is 12.4. The molecule has 1 heterocycles. The second-order valence-corrected chi connectivity index (χ2v) is 7.67. The summed E-state index contributed by atoms with van der Waals surface area (Å²) in [6.45, 7) is 0. The van der Waals surface area contributed by atoms with E-state index in [-0.39, 0.29) is 5.91 Å². The van der Waals surface area contributed by atoms with Crippen molar-refractivity contribution in [1.29, 1.82) is 0 Å². The maximum atomic E-state index is 12.4. The van der Waals surface area contributed by atoms with Gasteiger partial charge in [-0.25, -0.2) is 4.98 Å². The summed E-state index contributed by atoms with van der Waals surface area (Å²) in [6.07, 6.45) is 2.39. The van der Waals surface area contributed by atoms with Crippen molar-refractivity contribution >= 4 is 55.1 Å². The van der Waals surface area contributed by atoms with Crippen LogP contribution in [0.4, 0.5) is 5.13 Å². The Bertz CT molecular complexity index is 1070. The van der Waals surface area contributed by atoms with E-state index in [1.54, 1.807) is 11.8 Å². The lowest BCUT2D eigenvalue weighted by Gasteiger charge is -2.04. The monoisotopic (exact) mass is 364 g/mol. The summed E-state index contributed by atoms with van der Waals surface area (Å²) in [6, 6.07) is 20.4. The Balaban J connectivity index is 1.51. The van der Waals surface area contributed by atoms with E-state index in [1.807, 2.05) is 30.3 Å². The highest BCUT2D eigenvalue weighted by molar-refractivity contribution is 7.98. The van der Waals surface area contributed by atoms with Gasteiger partial charge in [0.2, 0.25) is 5.91 Å². The van der Waals surface area contributed by atoms with Gasteiger partial charge in [-0.2, -0.15) is 0 Å². The molecule has 1 N–H and O–H groups in total. The molecule has 0 saturated heterocycles. The van der Waals surface area contributed by atoms with E-state index in [4.69, 9.17) is 0 Å². The zero-order chi connectivity index (χ0) is 17.2. The van der Waals surface area contributed by atoms with Crippen LogP contribution in [-0.2, 0) is 11.2 Å². The van der Waals surface area contributed by atoms with Crippen LogP contribution in [0.1, 0.15) is 5.56 Å². The lowest BCUT2D eigenvalue weighted by Crippen LogP contribution is -2.14. The van der Waals surface area contributed by atoms with Crippen LogP contribution in [-0.4, -0.2) is 17.1 Å².